The summed E-state index contributed by atoms with van der Waals surface area (Å²) in [6.07, 6.45) is 0. The molecule has 2 aromatic rings. The lowest BCUT2D eigenvalue weighted by Crippen LogP contribution is -2.10. The number of carbonyl (C=O) groups excluding carboxylic acids is 1. The van der Waals surface area contributed by atoms with Gasteiger partial charge < -0.3 is 37.9 Å². The Hall–Kier alpha value is -3.01. The molecule has 0 N–H and O–H groups in total. The molecular weight excluding hydrogens is 408 g/mol. The molecule has 0 saturated carbocycles. The van der Waals surface area contributed by atoms with Crippen LogP contribution in [0, 0.1) is 6.92 Å². The van der Waals surface area contributed by atoms with E-state index >= 15 is 0 Å². The Morgan fingerprint density at radius 3 is 1.77 bits per heavy atom. The highest BCUT2D eigenvalue weighted by atomic mass is 16.7. The molecule has 0 bridgehead atoms. The fraction of sp³-hybridized carbons (Fsp3) is 0.409. The average Bonchev–Trinajstić information content (AvgIpc) is 2.79. The summed E-state index contributed by atoms with van der Waals surface area (Å²) in [5.41, 5.74) is 2.27. The van der Waals surface area contributed by atoms with Crippen LogP contribution in [-0.4, -0.2) is 61.9 Å². The highest BCUT2D eigenvalue weighted by Gasteiger charge is 2.24. The zero-order valence-electron chi connectivity index (χ0n) is 18.6. The Balaban J connectivity index is 2.72. The minimum Gasteiger partial charge on any atom is -0.497 e. The first-order chi connectivity index (χ1) is 15.0. The minimum atomic E-state index is -0.567. The lowest BCUT2D eigenvalue weighted by atomic mass is 9.94. The molecule has 0 unspecified atom stereocenters. The smallest absolute Gasteiger partial charge is 0.342 e. The average molecular weight is 436 g/mol. The Kier molecular flexibility index (Phi) is 9.39. The molecule has 0 fully saturated rings. The third kappa shape index (κ3) is 6.00. The van der Waals surface area contributed by atoms with Crippen molar-refractivity contribution in [3.63, 3.8) is 0 Å². The number of carbonyl (C=O) groups is 1. The Morgan fingerprint density at radius 2 is 1.26 bits per heavy atom. The lowest BCUT2D eigenvalue weighted by molar-refractivity contribution is 0.0322. The second-order valence-corrected chi connectivity index (χ2v) is 6.31. The highest BCUT2D eigenvalue weighted by Crippen LogP contribution is 2.41. The van der Waals surface area contributed by atoms with Gasteiger partial charge in [0.15, 0.2) is 31.9 Å². The van der Waals surface area contributed by atoms with Crippen LogP contribution in [0.25, 0.3) is 11.1 Å². The van der Waals surface area contributed by atoms with Crippen molar-refractivity contribution in [2.24, 2.45) is 0 Å². The van der Waals surface area contributed by atoms with E-state index in [0.29, 0.717) is 28.4 Å². The van der Waals surface area contributed by atoms with Crippen molar-refractivity contribution in [3.05, 3.63) is 35.4 Å². The van der Waals surface area contributed by atoms with Gasteiger partial charge in [-0.25, -0.2) is 4.79 Å². The first-order valence-corrected chi connectivity index (χ1v) is 9.31. The van der Waals surface area contributed by atoms with Gasteiger partial charge in [0.1, 0.15) is 17.1 Å². The molecule has 0 aliphatic rings. The zero-order chi connectivity index (χ0) is 22.8. The number of rotatable bonds is 12. The van der Waals surface area contributed by atoms with E-state index in [2.05, 4.69) is 0 Å². The zero-order valence-corrected chi connectivity index (χ0v) is 18.6. The largest absolute Gasteiger partial charge is 0.497 e. The lowest BCUT2D eigenvalue weighted by Gasteiger charge is -2.19. The number of hydrogen-bond donors (Lipinski definition) is 0. The Labute approximate surface area is 181 Å². The summed E-state index contributed by atoms with van der Waals surface area (Å²) in [7, 11) is 7.36. The van der Waals surface area contributed by atoms with Crippen LogP contribution >= 0.6 is 0 Å². The van der Waals surface area contributed by atoms with Crippen LogP contribution < -0.4 is 18.9 Å². The van der Waals surface area contributed by atoms with Gasteiger partial charge in [0.25, 0.3) is 0 Å². The fourth-order valence-corrected chi connectivity index (χ4v) is 2.89. The van der Waals surface area contributed by atoms with Gasteiger partial charge in [-0.05, 0) is 36.2 Å². The summed E-state index contributed by atoms with van der Waals surface area (Å²) in [5, 5.41) is 0. The normalized spacial score (nSPS) is 10.5. The molecule has 9 nitrogen and oxygen atoms in total. The summed E-state index contributed by atoms with van der Waals surface area (Å²) < 4.78 is 42.4. The molecule has 0 aliphatic carbocycles. The molecule has 2 aromatic carbocycles. The monoisotopic (exact) mass is 436 g/mol. The van der Waals surface area contributed by atoms with Crippen LogP contribution in [0.2, 0.25) is 0 Å². The highest BCUT2D eigenvalue weighted by molar-refractivity contribution is 6.01. The number of esters is 1. The molecule has 0 spiro atoms. The SMILES string of the molecule is COCOc1cc(C)c(-c2cc(OC)cc(OCOC)c2C(=O)OC)cc1OCOC. The van der Waals surface area contributed by atoms with Crippen LogP contribution in [0.1, 0.15) is 15.9 Å². The molecule has 0 amide bonds. The maximum Gasteiger partial charge on any atom is 0.342 e. The van der Waals surface area contributed by atoms with Crippen molar-refractivity contribution in [3.8, 4) is 34.1 Å². The maximum absolute atomic E-state index is 12.7. The molecule has 0 saturated heterocycles. The van der Waals surface area contributed by atoms with Crippen LogP contribution in [0.5, 0.6) is 23.0 Å². The van der Waals surface area contributed by atoms with E-state index in [0.717, 1.165) is 5.56 Å². The van der Waals surface area contributed by atoms with E-state index in [-0.39, 0.29) is 31.7 Å². The molecular formula is C22H28O9. The number of hydrogen-bond acceptors (Lipinski definition) is 9. The van der Waals surface area contributed by atoms with E-state index in [1.165, 1.54) is 35.5 Å². The summed E-state index contributed by atoms with van der Waals surface area (Å²) >= 11 is 0. The van der Waals surface area contributed by atoms with Crippen molar-refractivity contribution in [2.75, 3.05) is 55.9 Å². The van der Waals surface area contributed by atoms with Gasteiger partial charge in [-0.2, -0.15) is 0 Å². The first-order valence-electron chi connectivity index (χ1n) is 9.31. The summed E-state index contributed by atoms with van der Waals surface area (Å²) in [4.78, 5) is 12.7. The van der Waals surface area contributed by atoms with E-state index in [1.54, 1.807) is 24.3 Å². The van der Waals surface area contributed by atoms with Crippen LogP contribution in [0.4, 0.5) is 0 Å². The number of benzene rings is 2. The van der Waals surface area contributed by atoms with Crippen molar-refractivity contribution in [1.82, 2.24) is 0 Å². The third-order valence-corrected chi connectivity index (χ3v) is 4.28. The molecule has 31 heavy (non-hydrogen) atoms. The molecule has 0 heterocycles. The predicted molar refractivity (Wildman–Crippen MR) is 112 cm³/mol. The molecule has 2 rings (SSSR count). The van der Waals surface area contributed by atoms with E-state index in [9.17, 15) is 4.79 Å². The topological polar surface area (TPSA) is 90.9 Å². The Bertz CT molecular complexity index is 880. The maximum atomic E-state index is 12.7. The summed E-state index contributed by atoms with van der Waals surface area (Å²) in [6.45, 7) is 1.88. The first kappa shape index (κ1) is 24.3. The van der Waals surface area contributed by atoms with E-state index in [4.69, 9.17) is 37.9 Å². The summed E-state index contributed by atoms with van der Waals surface area (Å²) in [5.74, 6) is 1.08. The predicted octanol–water partition coefficient (Wildman–Crippen LogP) is 3.41. The van der Waals surface area contributed by atoms with Gasteiger partial charge in [0, 0.05) is 33.0 Å². The van der Waals surface area contributed by atoms with Crippen LogP contribution in [0.15, 0.2) is 24.3 Å². The molecule has 9 heteroatoms. The number of methoxy groups -OCH3 is 5. The molecule has 0 aromatic heterocycles. The van der Waals surface area contributed by atoms with Crippen molar-refractivity contribution < 1.29 is 42.7 Å². The number of aryl methyl sites for hydroxylation is 1. The second-order valence-electron chi connectivity index (χ2n) is 6.31. The second kappa shape index (κ2) is 12.0. The van der Waals surface area contributed by atoms with Gasteiger partial charge in [-0.15, -0.1) is 0 Å². The number of ether oxygens (including phenoxy) is 8. The van der Waals surface area contributed by atoms with Crippen LogP contribution in [0.3, 0.4) is 0 Å². The molecule has 0 radical (unpaired) electrons. The van der Waals surface area contributed by atoms with E-state index in [1.807, 2.05) is 6.92 Å². The standard InChI is InChI=1S/C22H28O9/c1-14-7-18(29-11-24-2)19(30-12-25-3)10-16(14)17-8-15(27-5)9-20(31-13-26-4)21(17)22(23)28-6/h7-10H,11-13H2,1-6H3. The van der Waals surface area contributed by atoms with Crippen LogP contribution in [-0.2, 0) is 18.9 Å². The fourth-order valence-electron chi connectivity index (χ4n) is 2.89. The van der Waals surface area contributed by atoms with Gasteiger partial charge in [-0.1, -0.05) is 0 Å². The quantitative estimate of drug-likeness (QED) is 0.367. The Morgan fingerprint density at radius 1 is 0.710 bits per heavy atom. The van der Waals surface area contributed by atoms with Gasteiger partial charge in [-0.3, -0.25) is 0 Å². The van der Waals surface area contributed by atoms with Gasteiger partial charge in [0.05, 0.1) is 14.2 Å². The molecule has 170 valence electrons. The summed E-state index contributed by atoms with van der Waals surface area (Å²) in [6, 6.07) is 6.86. The van der Waals surface area contributed by atoms with E-state index < -0.39 is 5.97 Å². The van der Waals surface area contributed by atoms with Crippen molar-refractivity contribution in [2.45, 2.75) is 6.92 Å². The van der Waals surface area contributed by atoms with Crippen molar-refractivity contribution >= 4 is 5.97 Å². The minimum absolute atomic E-state index is 0.00993. The van der Waals surface area contributed by atoms with Gasteiger partial charge in [0.2, 0.25) is 0 Å². The third-order valence-electron chi connectivity index (χ3n) is 4.28. The van der Waals surface area contributed by atoms with Crippen molar-refractivity contribution in [1.29, 1.82) is 0 Å². The molecule has 0 aliphatic heterocycles. The molecule has 0 atom stereocenters. The van der Waals surface area contributed by atoms with Gasteiger partial charge >= 0.3 is 5.97 Å².